The average Bonchev–Trinajstić information content (AvgIpc) is 3.58. The van der Waals surface area contributed by atoms with Crippen LogP contribution < -0.4 is 10.6 Å². The van der Waals surface area contributed by atoms with Gasteiger partial charge in [-0.05, 0) is 92.7 Å². The third-order valence-electron chi connectivity index (χ3n) is 9.87. The summed E-state index contributed by atoms with van der Waals surface area (Å²) in [7, 11) is 0. The number of nitrogens with one attached hydrogen (secondary N) is 2. The number of benzene rings is 3. The Morgan fingerprint density at radius 2 is 1.58 bits per heavy atom. The van der Waals surface area contributed by atoms with Crippen LogP contribution in [0.25, 0.3) is 5.69 Å². The Labute approximate surface area is 283 Å². The van der Waals surface area contributed by atoms with Crippen LogP contribution in [-0.2, 0) is 21.4 Å². The lowest BCUT2D eigenvalue weighted by Crippen LogP contribution is -2.49. The molecule has 3 atom stereocenters. The highest BCUT2D eigenvalue weighted by molar-refractivity contribution is 6.00. The standard InChI is InChI=1S/C40H47N5O3/c1-26-14-16-32(17-15-26)45-37(36(25-41-45)40(3,4)5)43-39(48)42-31-13-9-10-28(22-31)21-29-23-33-18-19-34(24-29)44(33)38(47)35(20-27(2)46)30-11-7-6-8-12-30/h6-17,22,25,29,33-35H,18-21,23-24H2,1-5H3,(H2,42,43,48)/t33-,34-,35?/m0/s1. The van der Waals surface area contributed by atoms with Crippen LogP contribution in [0.5, 0.6) is 0 Å². The van der Waals surface area contributed by atoms with E-state index in [4.69, 9.17) is 0 Å². The molecule has 0 aliphatic carbocycles. The number of ketones is 1. The van der Waals surface area contributed by atoms with Crippen molar-refractivity contribution in [1.29, 1.82) is 0 Å². The van der Waals surface area contributed by atoms with Gasteiger partial charge in [-0.1, -0.05) is 80.9 Å². The lowest BCUT2D eigenvalue weighted by atomic mass is 9.84. The highest BCUT2D eigenvalue weighted by atomic mass is 16.2. The Balaban J connectivity index is 1.12. The van der Waals surface area contributed by atoms with Gasteiger partial charge in [-0.15, -0.1) is 0 Å². The summed E-state index contributed by atoms with van der Waals surface area (Å²) in [5, 5.41) is 10.8. The van der Waals surface area contributed by atoms with Gasteiger partial charge in [0.2, 0.25) is 5.91 Å². The van der Waals surface area contributed by atoms with Crippen molar-refractivity contribution < 1.29 is 14.4 Å². The molecule has 1 unspecified atom stereocenters. The predicted octanol–water partition coefficient (Wildman–Crippen LogP) is 8.20. The molecule has 0 radical (unpaired) electrons. The van der Waals surface area contributed by atoms with Crippen LogP contribution in [0.2, 0.25) is 0 Å². The third kappa shape index (κ3) is 7.38. The van der Waals surface area contributed by atoms with E-state index in [-0.39, 0.29) is 41.6 Å². The van der Waals surface area contributed by atoms with Gasteiger partial charge in [-0.25, -0.2) is 9.48 Å². The SMILES string of the molecule is CC(=O)CC(C(=O)N1[C@H]2CC[C@H]1CC(Cc1cccc(NC(=O)Nc3c(C(C)(C)C)cnn3-c3ccc(C)cc3)c1)C2)c1ccccc1. The van der Waals surface area contributed by atoms with Crippen LogP contribution in [0, 0.1) is 12.8 Å². The smallest absolute Gasteiger partial charge is 0.324 e. The lowest BCUT2D eigenvalue weighted by molar-refractivity contribution is -0.139. The van der Waals surface area contributed by atoms with Gasteiger partial charge in [0.05, 0.1) is 17.8 Å². The van der Waals surface area contributed by atoms with Crippen molar-refractivity contribution in [2.75, 3.05) is 10.6 Å². The van der Waals surface area contributed by atoms with Gasteiger partial charge in [-0.3, -0.25) is 14.9 Å². The van der Waals surface area contributed by atoms with E-state index in [0.717, 1.165) is 65.7 Å². The Kier molecular flexibility index (Phi) is 9.54. The minimum atomic E-state index is -0.424. The first-order valence-electron chi connectivity index (χ1n) is 17.2. The van der Waals surface area contributed by atoms with E-state index in [1.807, 2.05) is 79.9 Å². The molecule has 0 saturated carbocycles. The monoisotopic (exact) mass is 645 g/mol. The minimum absolute atomic E-state index is 0.0353. The van der Waals surface area contributed by atoms with Crippen molar-refractivity contribution in [2.45, 2.75) is 96.6 Å². The fraction of sp³-hybridized carbons (Fsp3) is 0.400. The maximum absolute atomic E-state index is 13.9. The molecule has 2 fully saturated rings. The molecular weight excluding hydrogens is 598 g/mol. The van der Waals surface area contributed by atoms with Crippen LogP contribution >= 0.6 is 0 Å². The first-order chi connectivity index (χ1) is 23.0. The van der Waals surface area contributed by atoms with E-state index < -0.39 is 5.92 Å². The van der Waals surface area contributed by atoms with Crippen molar-refractivity contribution in [3.05, 3.63) is 107 Å². The zero-order chi connectivity index (χ0) is 34.0. The summed E-state index contributed by atoms with van der Waals surface area (Å²) in [6, 6.07) is 25.9. The summed E-state index contributed by atoms with van der Waals surface area (Å²) in [5.74, 6) is 0.796. The van der Waals surface area contributed by atoms with E-state index in [9.17, 15) is 14.4 Å². The molecule has 3 amide bonds. The number of hydrogen-bond acceptors (Lipinski definition) is 4. The van der Waals surface area contributed by atoms with Gasteiger partial charge in [0.15, 0.2) is 0 Å². The quantitative estimate of drug-likeness (QED) is 0.192. The summed E-state index contributed by atoms with van der Waals surface area (Å²) in [4.78, 5) is 41.6. The zero-order valence-corrected chi connectivity index (χ0v) is 28.7. The van der Waals surface area contributed by atoms with Gasteiger partial charge in [0.25, 0.3) is 0 Å². The summed E-state index contributed by atoms with van der Waals surface area (Å²) < 4.78 is 1.78. The first kappa shape index (κ1) is 33.2. The second kappa shape index (κ2) is 13.8. The average molecular weight is 646 g/mol. The molecule has 6 rings (SSSR count). The summed E-state index contributed by atoms with van der Waals surface area (Å²) in [6.07, 6.45) is 6.85. The van der Waals surface area contributed by atoms with Gasteiger partial charge < -0.3 is 10.2 Å². The lowest BCUT2D eigenvalue weighted by Gasteiger charge is -2.41. The van der Waals surface area contributed by atoms with E-state index in [1.54, 1.807) is 11.6 Å². The molecule has 8 heteroatoms. The highest BCUT2D eigenvalue weighted by Crippen LogP contribution is 2.42. The second-order valence-electron chi connectivity index (χ2n) is 14.7. The maximum atomic E-state index is 13.9. The normalized spacial score (nSPS) is 19.5. The van der Waals surface area contributed by atoms with E-state index in [1.165, 1.54) is 0 Å². The number of carbonyl (C=O) groups is 3. The molecule has 48 heavy (non-hydrogen) atoms. The van der Waals surface area contributed by atoms with Crippen LogP contribution in [0.15, 0.2) is 85.1 Å². The molecule has 8 nitrogen and oxygen atoms in total. The van der Waals surface area contributed by atoms with Crippen molar-refractivity contribution in [2.24, 2.45) is 5.92 Å². The Hall–Kier alpha value is -4.72. The van der Waals surface area contributed by atoms with E-state index in [2.05, 4.69) is 53.5 Å². The predicted molar refractivity (Wildman–Crippen MR) is 191 cm³/mol. The molecule has 3 heterocycles. The summed E-state index contributed by atoms with van der Waals surface area (Å²) >= 11 is 0. The largest absolute Gasteiger partial charge is 0.336 e. The number of fused-ring (bicyclic) bond motifs is 2. The molecule has 2 saturated heterocycles. The van der Waals surface area contributed by atoms with Gasteiger partial charge in [0, 0.05) is 29.8 Å². The second-order valence-corrected chi connectivity index (χ2v) is 14.7. The highest BCUT2D eigenvalue weighted by Gasteiger charge is 2.45. The Morgan fingerprint density at radius 3 is 2.23 bits per heavy atom. The molecular formula is C40H47N5O3. The molecule has 3 aromatic carbocycles. The van der Waals surface area contributed by atoms with Crippen molar-refractivity contribution >= 4 is 29.2 Å². The topological polar surface area (TPSA) is 96.3 Å². The number of Topliss-reactive ketones (excluding diaryl/α,β-unsaturated/α-hetero) is 1. The van der Waals surface area contributed by atoms with Crippen LogP contribution in [-0.4, -0.2) is 44.5 Å². The Bertz CT molecular complexity index is 1760. The van der Waals surface area contributed by atoms with Crippen molar-refractivity contribution in [1.82, 2.24) is 14.7 Å². The number of anilines is 2. The van der Waals surface area contributed by atoms with E-state index >= 15 is 0 Å². The molecule has 2 N–H and O–H groups in total. The molecule has 2 aliphatic heterocycles. The summed E-state index contributed by atoms with van der Waals surface area (Å²) in [6.45, 7) is 9.94. The molecule has 4 aromatic rings. The van der Waals surface area contributed by atoms with E-state index in [0.29, 0.717) is 11.7 Å². The number of hydrogen-bond donors (Lipinski definition) is 2. The number of piperidine rings is 1. The number of aryl methyl sites for hydroxylation is 1. The van der Waals surface area contributed by atoms with Crippen molar-refractivity contribution in [3.63, 3.8) is 0 Å². The minimum Gasteiger partial charge on any atom is -0.336 e. The maximum Gasteiger partial charge on any atom is 0.324 e. The third-order valence-corrected chi connectivity index (χ3v) is 9.87. The van der Waals surface area contributed by atoms with Crippen LogP contribution in [0.4, 0.5) is 16.3 Å². The molecule has 0 spiro atoms. The number of nitrogens with zero attached hydrogens (tertiary/aromatic N) is 3. The molecule has 2 aliphatic rings. The molecule has 1 aromatic heterocycles. The van der Waals surface area contributed by atoms with Crippen molar-refractivity contribution in [3.8, 4) is 5.69 Å². The number of urea groups is 1. The zero-order valence-electron chi connectivity index (χ0n) is 28.7. The number of carbonyl (C=O) groups excluding carboxylic acids is 3. The van der Waals surface area contributed by atoms with Crippen LogP contribution in [0.1, 0.15) is 88.0 Å². The number of aromatic nitrogens is 2. The number of rotatable bonds is 9. The summed E-state index contributed by atoms with van der Waals surface area (Å²) in [5.41, 5.74) is 5.57. The molecule has 2 bridgehead atoms. The first-order valence-corrected chi connectivity index (χ1v) is 17.2. The fourth-order valence-electron chi connectivity index (χ4n) is 7.60. The van der Waals surface area contributed by atoms with Crippen LogP contribution in [0.3, 0.4) is 0 Å². The van der Waals surface area contributed by atoms with Gasteiger partial charge in [0.1, 0.15) is 11.6 Å². The number of amides is 3. The molecule has 250 valence electrons. The Morgan fingerprint density at radius 1 is 0.896 bits per heavy atom. The van der Waals surface area contributed by atoms with Gasteiger partial charge in [-0.2, -0.15) is 5.10 Å². The van der Waals surface area contributed by atoms with Gasteiger partial charge >= 0.3 is 6.03 Å². The fourth-order valence-corrected chi connectivity index (χ4v) is 7.60.